The summed E-state index contributed by atoms with van der Waals surface area (Å²) in [4.78, 5) is 11.9. The zero-order chi connectivity index (χ0) is 18.0. The van der Waals surface area contributed by atoms with Gasteiger partial charge in [-0.1, -0.05) is 0 Å². The second kappa shape index (κ2) is 6.60. The fraction of sp³-hybridized carbons (Fsp3) is 0.353. The van der Waals surface area contributed by atoms with Crippen LogP contribution in [0.15, 0.2) is 40.8 Å². The van der Waals surface area contributed by atoms with Crippen LogP contribution in [0.25, 0.3) is 0 Å². The highest BCUT2D eigenvalue weighted by molar-refractivity contribution is 5.84. The molecule has 1 aromatic carbocycles. The van der Waals surface area contributed by atoms with Crippen LogP contribution in [0.2, 0.25) is 0 Å². The van der Waals surface area contributed by atoms with Gasteiger partial charge in [0.1, 0.15) is 22.9 Å². The van der Waals surface area contributed by atoms with Crippen molar-refractivity contribution in [2.45, 2.75) is 25.4 Å². The van der Waals surface area contributed by atoms with Crippen LogP contribution in [0.3, 0.4) is 0 Å². The lowest BCUT2D eigenvalue weighted by molar-refractivity contribution is -0.148. The molecule has 7 heteroatoms. The fourth-order valence-electron chi connectivity index (χ4n) is 2.11. The van der Waals surface area contributed by atoms with E-state index in [2.05, 4.69) is 5.32 Å². The molecule has 5 nitrogen and oxygen atoms in total. The molecule has 1 atom stereocenters. The number of ether oxygens (including phenoxy) is 1. The Labute approximate surface area is 138 Å². The molecule has 0 spiro atoms. The van der Waals surface area contributed by atoms with E-state index >= 15 is 0 Å². The van der Waals surface area contributed by atoms with Crippen molar-refractivity contribution in [3.8, 4) is 5.75 Å². The highest BCUT2D eigenvalue weighted by Gasteiger charge is 2.42. The highest BCUT2D eigenvalue weighted by atomic mass is 19.3. The lowest BCUT2D eigenvalue weighted by Crippen LogP contribution is -2.44. The second-order valence-electron chi connectivity index (χ2n) is 5.67. The number of carbonyl (C=O) groups excluding carboxylic acids is 1. The first-order valence-corrected chi connectivity index (χ1v) is 7.27. The van der Waals surface area contributed by atoms with Crippen molar-refractivity contribution < 1.29 is 27.8 Å². The lowest BCUT2D eigenvalue weighted by Gasteiger charge is -2.23. The van der Waals surface area contributed by atoms with E-state index in [0.29, 0.717) is 11.5 Å². The smallest absolute Gasteiger partial charge is 0.349 e. The maximum absolute atomic E-state index is 14.2. The molecule has 0 fully saturated rings. The minimum Gasteiger partial charge on any atom is -0.497 e. The third-order valence-corrected chi connectivity index (χ3v) is 3.60. The van der Waals surface area contributed by atoms with E-state index in [1.807, 2.05) is 0 Å². The molecule has 0 radical (unpaired) electrons. The summed E-state index contributed by atoms with van der Waals surface area (Å²) in [5.74, 6) is -4.07. The van der Waals surface area contributed by atoms with Gasteiger partial charge in [0.05, 0.1) is 13.7 Å². The van der Waals surface area contributed by atoms with Crippen molar-refractivity contribution in [2.75, 3.05) is 13.7 Å². The topological polar surface area (TPSA) is 71.7 Å². The summed E-state index contributed by atoms with van der Waals surface area (Å²) in [6, 6.07) is 8.09. The molecule has 24 heavy (non-hydrogen) atoms. The molecule has 1 heterocycles. The molecule has 0 aliphatic rings. The van der Waals surface area contributed by atoms with Gasteiger partial charge >= 0.3 is 5.92 Å². The molecular formula is C17H19F2NO4. The van der Waals surface area contributed by atoms with E-state index in [4.69, 9.17) is 9.15 Å². The standard InChI is InChI=1S/C17H19F2NO4/c1-11-4-9-14(24-11)16(2,22)10-20-15(21)17(18,19)12-5-7-13(23-3)8-6-12/h4-9,22H,10H2,1-3H3,(H,20,21). The van der Waals surface area contributed by atoms with Gasteiger partial charge in [0.2, 0.25) is 0 Å². The van der Waals surface area contributed by atoms with Crippen molar-refractivity contribution in [1.82, 2.24) is 5.32 Å². The van der Waals surface area contributed by atoms with Gasteiger partial charge in [-0.3, -0.25) is 4.79 Å². The summed E-state index contributed by atoms with van der Waals surface area (Å²) in [7, 11) is 1.41. The maximum Gasteiger partial charge on any atom is 0.349 e. The number of amides is 1. The van der Waals surface area contributed by atoms with E-state index in [9.17, 15) is 18.7 Å². The average molecular weight is 339 g/mol. The van der Waals surface area contributed by atoms with Crippen LogP contribution in [0.5, 0.6) is 5.75 Å². The number of hydrogen-bond acceptors (Lipinski definition) is 4. The van der Waals surface area contributed by atoms with Crippen molar-refractivity contribution in [3.63, 3.8) is 0 Å². The fourth-order valence-corrected chi connectivity index (χ4v) is 2.11. The summed E-state index contributed by atoms with van der Waals surface area (Å²) >= 11 is 0. The highest BCUT2D eigenvalue weighted by Crippen LogP contribution is 2.30. The van der Waals surface area contributed by atoms with Crippen LogP contribution < -0.4 is 10.1 Å². The molecule has 1 unspecified atom stereocenters. The summed E-state index contributed by atoms with van der Waals surface area (Å²) < 4.78 is 38.6. The number of furan rings is 1. The molecule has 0 aliphatic carbocycles. The van der Waals surface area contributed by atoms with Gasteiger partial charge in [-0.25, -0.2) is 0 Å². The maximum atomic E-state index is 14.2. The molecule has 1 aromatic heterocycles. The zero-order valence-corrected chi connectivity index (χ0v) is 13.6. The molecule has 2 rings (SSSR count). The number of aliphatic hydroxyl groups is 1. The Morgan fingerprint density at radius 1 is 1.25 bits per heavy atom. The van der Waals surface area contributed by atoms with E-state index < -0.39 is 29.5 Å². The summed E-state index contributed by atoms with van der Waals surface area (Å²) in [6.07, 6.45) is 0. The Morgan fingerprint density at radius 2 is 1.88 bits per heavy atom. The van der Waals surface area contributed by atoms with Gasteiger partial charge in [0.15, 0.2) is 0 Å². The summed E-state index contributed by atoms with van der Waals surface area (Å²) in [5, 5.41) is 12.4. The van der Waals surface area contributed by atoms with Gasteiger partial charge in [-0.05, 0) is 50.2 Å². The first kappa shape index (κ1) is 17.9. The van der Waals surface area contributed by atoms with Gasteiger partial charge < -0.3 is 19.6 Å². The van der Waals surface area contributed by atoms with E-state index in [0.717, 1.165) is 12.1 Å². The van der Waals surface area contributed by atoms with E-state index in [1.165, 1.54) is 32.2 Å². The van der Waals surface area contributed by atoms with Gasteiger partial charge in [0.25, 0.3) is 5.91 Å². The largest absolute Gasteiger partial charge is 0.497 e. The van der Waals surface area contributed by atoms with Gasteiger partial charge in [0, 0.05) is 5.56 Å². The minimum absolute atomic E-state index is 0.188. The first-order chi connectivity index (χ1) is 11.2. The molecule has 0 saturated carbocycles. The Hall–Kier alpha value is -2.41. The number of carbonyl (C=O) groups is 1. The number of alkyl halides is 2. The van der Waals surface area contributed by atoms with Crippen LogP contribution in [0.1, 0.15) is 24.0 Å². The number of aryl methyl sites for hydroxylation is 1. The third kappa shape index (κ3) is 3.73. The Morgan fingerprint density at radius 3 is 2.38 bits per heavy atom. The number of nitrogens with one attached hydrogen (secondary N) is 1. The predicted octanol–water partition coefficient (Wildman–Crippen LogP) is 2.71. The number of hydrogen-bond donors (Lipinski definition) is 2. The van der Waals surface area contributed by atoms with Crippen molar-refractivity contribution >= 4 is 5.91 Å². The molecule has 0 saturated heterocycles. The van der Waals surface area contributed by atoms with E-state index in [-0.39, 0.29) is 5.76 Å². The quantitative estimate of drug-likeness (QED) is 0.849. The summed E-state index contributed by atoms with van der Waals surface area (Å²) in [6.45, 7) is 2.65. The number of rotatable bonds is 6. The lowest BCUT2D eigenvalue weighted by atomic mass is 10.0. The second-order valence-corrected chi connectivity index (χ2v) is 5.67. The van der Waals surface area contributed by atoms with Crippen molar-refractivity contribution in [2.24, 2.45) is 0 Å². The normalized spacial score (nSPS) is 14.1. The Kier molecular flexibility index (Phi) is 4.94. The Bertz CT molecular complexity index is 708. The van der Waals surface area contributed by atoms with Crippen LogP contribution in [-0.4, -0.2) is 24.7 Å². The molecule has 2 N–H and O–H groups in total. The number of methoxy groups -OCH3 is 1. The van der Waals surface area contributed by atoms with Crippen molar-refractivity contribution in [1.29, 1.82) is 0 Å². The van der Waals surface area contributed by atoms with Crippen LogP contribution in [0.4, 0.5) is 8.78 Å². The number of halogens is 2. The van der Waals surface area contributed by atoms with E-state index in [1.54, 1.807) is 13.0 Å². The average Bonchev–Trinajstić information content (AvgIpc) is 3.00. The predicted molar refractivity (Wildman–Crippen MR) is 82.9 cm³/mol. The zero-order valence-electron chi connectivity index (χ0n) is 13.6. The van der Waals surface area contributed by atoms with Gasteiger partial charge in [-0.2, -0.15) is 8.78 Å². The monoisotopic (exact) mass is 339 g/mol. The summed E-state index contributed by atoms with van der Waals surface area (Å²) in [5.41, 5.74) is -2.06. The van der Waals surface area contributed by atoms with Gasteiger partial charge in [-0.15, -0.1) is 0 Å². The number of benzene rings is 1. The van der Waals surface area contributed by atoms with Crippen LogP contribution in [-0.2, 0) is 16.3 Å². The molecule has 0 aliphatic heterocycles. The Balaban J connectivity index is 2.07. The SMILES string of the molecule is COc1ccc(C(F)(F)C(=O)NCC(C)(O)c2ccc(C)o2)cc1. The molecule has 2 aromatic rings. The van der Waals surface area contributed by atoms with Crippen LogP contribution >= 0.6 is 0 Å². The third-order valence-electron chi connectivity index (χ3n) is 3.60. The van der Waals surface area contributed by atoms with Crippen molar-refractivity contribution in [3.05, 3.63) is 53.5 Å². The molecular weight excluding hydrogens is 320 g/mol. The molecule has 130 valence electrons. The molecule has 1 amide bonds. The first-order valence-electron chi connectivity index (χ1n) is 7.27. The van der Waals surface area contributed by atoms with Crippen LogP contribution in [0, 0.1) is 6.92 Å². The molecule has 0 bridgehead atoms. The minimum atomic E-state index is -3.73.